The minimum absolute atomic E-state index is 0.181. The molecule has 1 saturated carbocycles. The molecule has 0 aliphatic heterocycles. The maximum Gasteiger partial charge on any atom is 0.437 e. The summed E-state index contributed by atoms with van der Waals surface area (Å²) in [6.07, 6.45) is 3.95. The minimum atomic E-state index is -0.517. The van der Waals surface area contributed by atoms with Crippen LogP contribution >= 0.6 is 11.3 Å². The van der Waals surface area contributed by atoms with Crippen LogP contribution in [-0.4, -0.2) is 27.9 Å². The molecule has 8 heteroatoms. The Bertz CT molecular complexity index is 829. The van der Waals surface area contributed by atoms with E-state index in [4.69, 9.17) is 8.83 Å². The minimum Gasteiger partial charge on any atom is -0.459 e. The van der Waals surface area contributed by atoms with Gasteiger partial charge in [0.1, 0.15) is 0 Å². The summed E-state index contributed by atoms with van der Waals surface area (Å²) in [4.78, 5) is 18.6. The molecule has 0 spiro atoms. The smallest absolute Gasteiger partial charge is 0.437 e. The maximum atomic E-state index is 11.9. The Labute approximate surface area is 129 Å². The molecule has 7 nitrogen and oxygen atoms in total. The lowest BCUT2D eigenvalue weighted by Crippen LogP contribution is -2.20. The van der Waals surface area contributed by atoms with E-state index in [1.165, 1.54) is 23.8 Å². The van der Waals surface area contributed by atoms with Crippen molar-refractivity contribution in [2.45, 2.75) is 25.4 Å². The fourth-order valence-electron chi connectivity index (χ4n) is 2.21. The largest absolute Gasteiger partial charge is 0.459 e. The Morgan fingerprint density at radius 2 is 2.36 bits per heavy atom. The third kappa shape index (κ3) is 2.45. The fourth-order valence-corrected chi connectivity index (χ4v) is 3.06. The Balaban J connectivity index is 1.55. The predicted molar refractivity (Wildman–Crippen MR) is 81.1 cm³/mol. The fraction of sp³-hybridized carbons (Fsp3) is 0.357. The van der Waals surface area contributed by atoms with Gasteiger partial charge in [0.15, 0.2) is 10.9 Å². The van der Waals surface area contributed by atoms with Crippen LogP contribution in [-0.2, 0) is 6.54 Å². The third-order valence-corrected chi connectivity index (χ3v) is 4.57. The molecule has 3 heterocycles. The lowest BCUT2D eigenvalue weighted by Gasteiger charge is -2.13. The quantitative estimate of drug-likeness (QED) is 0.718. The van der Waals surface area contributed by atoms with Crippen molar-refractivity contribution in [2.75, 3.05) is 11.9 Å². The van der Waals surface area contributed by atoms with Crippen LogP contribution in [0.3, 0.4) is 0 Å². The van der Waals surface area contributed by atoms with Crippen molar-refractivity contribution in [2.24, 2.45) is 0 Å². The molecule has 22 heavy (non-hydrogen) atoms. The highest BCUT2D eigenvalue weighted by atomic mass is 32.1. The molecule has 0 saturated heterocycles. The highest BCUT2D eigenvalue weighted by Crippen LogP contribution is 2.31. The van der Waals surface area contributed by atoms with Crippen LogP contribution in [0.1, 0.15) is 18.5 Å². The number of aromatic nitrogens is 3. The van der Waals surface area contributed by atoms with Gasteiger partial charge >= 0.3 is 5.76 Å². The number of furan rings is 1. The van der Waals surface area contributed by atoms with E-state index in [0.29, 0.717) is 11.8 Å². The zero-order valence-electron chi connectivity index (χ0n) is 11.9. The van der Waals surface area contributed by atoms with Gasteiger partial charge in [-0.15, -0.1) is 16.4 Å². The second-order valence-electron chi connectivity index (χ2n) is 5.27. The average molecular weight is 318 g/mol. The normalized spacial score (nSPS) is 14.4. The molecule has 1 fully saturated rings. The van der Waals surface area contributed by atoms with E-state index in [1.54, 1.807) is 23.5 Å². The molecule has 0 unspecified atom stereocenters. The first-order chi connectivity index (χ1) is 10.7. The van der Waals surface area contributed by atoms with Crippen LogP contribution < -0.4 is 10.7 Å². The predicted octanol–water partition coefficient (Wildman–Crippen LogP) is 2.20. The number of thiazole rings is 1. The molecule has 4 rings (SSSR count). The van der Waals surface area contributed by atoms with Gasteiger partial charge in [0, 0.05) is 18.5 Å². The Morgan fingerprint density at radius 1 is 1.50 bits per heavy atom. The van der Waals surface area contributed by atoms with Crippen molar-refractivity contribution < 1.29 is 8.83 Å². The second kappa shape index (κ2) is 5.13. The molecule has 114 valence electrons. The van der Waals surface area contributed by atoms with Gasteiger partial charge in [0.25, 0.3) is 5.89 Å². The van der Waals surface area contributed by atoms with Gasteiger partial charge in [-0.2, -0.15) is 4.68 Å². The zero-order chi connectivity index (χ0) is 15.1. The van der Waals surface area contributed by atoms with Gasteiger partial charge < -0.3 is 13.7 Å². The van der Waals surface area contributed by atoms with Gasteiger partial charge in [-0.05, 0) is 25.0 Å². The van der Waals surface area contributed by atoms with Crippen molar-refractivity contribution in [3.8, 4) is 11.7 Å². The first-order valence-corrected chi connectivity index (χ1v) is 7.88. The number of anilines is 1. The molecule has 3 aromatic heterocycles. The number of hydrogen-bond donors (Lipinski definition) is 0. The van der Waals surface area contributed by atoms with Crippen molar-refractivity contribution >= 4 is 16.5 Å². The Morgan fingerprint density at radius 3 is 3.09 bits per heavy atom. The van der Waals surface area contributed by atoms with E-state index < -0.39 is 5.76 Å². The van der Waals surface area contributed by atoms with Gasteiger partial charge in [-0.25, -0.2) is 9.78 Å². The highest BCUT2D eigenvalue weighted by molar-refractivity contribution is 7.13. The average Bonchev–Trinajstić information content (AvgIpc) is 2.92. The summed E-state index contributed by atoms with van der Waals surface area (Å²) in [6.45, 7) is 0.290. The monoisotopic (exact) mass is 318 g/mol. The zero-order valence-corrected chi connectivity index (χ0v) is 12.7. The number of nitrogens with zero attached hydrogens (tertiary/aromatic N) is 4. The SMILES string of the molecule is CN(c1nc(Cn2nc(-c3ccco3)oc2=O)cs1)C1CC1. The summed E-state index contributed by atoms with van der Waals surface area (Å²) in [7, 11) is 2.05. The van der Waals surface area contributed by atoms with E-state index in [9.17, 15) is 4.79 Å². The first kappa shape index (κ1) is 13.3. The molecule has 0 amide bonds. The molecule has 0 radical (unpaired) electrons. The van der Waals surface area contributed by atoms with Gasteiger partial charge in [0.2, 0.25) is 0 Å². The van der Waals surface area contributed by atoms with E-state index in [-0.39, 0.29) is 12.4 Å². The molecule has 0 bridgehead atoms. The summed E-state index contributed by atoms with van der Waals surface area (Å²) in [5.41, 5.74) is 0.800. The molecule has 0 N–H and O–H groups in total. The lowest BCUT2D eigenvalue weighted by atomic mass is 10.4. The van der Waals surface area contributed by atoms with Gasteiger partial charge in [-0.1, -0.05) is 0 Å². The molecule has 1 aliphatic rings. The second-order valence-corrected chi connectivity index (χ2v) is 6.11. The highest BCUT2D eigenvalue weighted by Gasteiger charge is 2.28. The van der Waals surface area contributed by atoms with Crippen LogP contribution in [0, 0.1) is 0 Å². The number of hydrogen-bond acceptors (Lipinski definition) is 7. The van der Waals surface area contributed by atoms with Crippen LogP contribution in [0.5, 0.6) is 0 Å². The van der Waals surface area contributed by atoms with Gasteiger partial charge in [0.05, 0.1) is 18.5 Å². The van der Waals surface area contributed by atoms with E-state index in [2.05, 4.69) is 22.0 Å². The van der Waals surface area contributed by atoms with Crippen LogP contribution in [0.15, 0.2) is 37.4 Å². The summed E-state index contributed by atoms with van der Waals surface area (Å²) >= 11 is 1.58. The van der Waals surface area contributed by atoms with Crippen LogP contribution in [0.4, 0.5) is 5.13 Å². The maximum absolute atomic E-state index is 11.9. The van der Waals surface area contributed by atoms with Gasteiger partial charge in [-0.3, -0.25) is 0 Å². The van der Waals surface area contributed by atoms with Crippen molar-refractivity contribution in [3.63, 3.8) is 0 Å². The molecular formula is C14H14N4O3S. The van der Waals surface area contributed by atoms with E-state index in [0.717, 1.165) is 10.8 Å². The summed E-state index contributed by atoms with van der Waals surface area (Å²) in [5.74, 6) is 0.0975. The van der Waals surface area contributed by atoms with Crippen LogP contribution in [0.25, 0.3) is 11.7 Å². The van der Waals surface area contributed by atoms with Crippen molar-refractivity contribution in [1.29, 1.82) is 0 Å². The first-order valence-electron chi connectivity index (χ1n) is 7.00. The topological polar surface area (TPSA) is 77.3 Å². The third-order valence-electron chi connectivity index (χ3n) is 3.59. The number of rotatable bonds is 5. The Kier molecular flexibility index (Phi) is 3.11. The molecule has 3 aromatic rings. The molecule has 0 atom stereocenters. The van der Waals surface area contributed by atoms with E-state index in [1.807, 2.05) is 5.38 Å². The Hall–Kier alpha value is -2.35. The summed E-state index contributed by atoms with van der Waals surface area (Å²) in [5, 5.41) is 7.06. The lowest BCUT2D eigenvalue weighted by molar-refractivity contribution is 0.476. The van der Waals surface area contributed by atoms with E-state index >= 15 is 0 Å². The van der Waals surface area contributed by atoms with Crippen molar-refractivity contribution in [1.82, 2.24) is 14.8 Å². The summed E-state index contributed by atoms with van der Waals surface area (Å²) < 4.78 is 11.5. The standard InChI is InChI=1S/C14H14N4O3S/c1-17(10-4-5-10)13-15-9(8-22-13)7-18-14(19)21-12(16-18)11-3-2-6-20-11/h2-3,6,8,10H,4-5,7H2,1H3. The summed E-state index contributed by atoms with van der Waals surface area (Å²) in [6, 6.07) is 4.02. The molecule has 1 aliphatic carbocycles. The molecule has 0 aromatic carbocycles. The molecular weight excluding hydrogens is 304 g/mol. The van der Waals surface area contributed by atoms with Crippen molar-refractivity contribution in [3.05, 3.63) is 40.0 Å². The van der Waals surface area contributed by atoms with Crippen LogP contribution in [0.2, 0.25) is 0 Å².